The van der Waals surface area contributed by atoms with Gasteiger partial charge < -0.3 is 4.90 Å². The molecule has 0 radical (unpaired) electrons. The van der Waals surface area contributed by atoms with Gasteiger partial charge in [-0.05, 0) is 19.1 Å². The zero-order valence-corrected chi connectivity index (χ0v) is 11.6. The Kier molecular flexibility index (Phi) is 3.77. The predicted octanol–water partition coefficient (Wildman–Crippen LogP) is 2.94. The summed E-state index contributed by atoms with van der Waals surface area (Å²) in [4.78, 5) is 18.5. The topological polar surface area (TPSA) is 33.2 Å². The number of aryl methyl sites for hydroxylation is 1. The van der Waals surface area contributed by atoms with Crippen molar-refractivity contribution in [2.45, 2.75) is 13.3 Å². The summed E-state index contributed by atoms with van der Waals surface area (Å²) in [6.45, 7) is 1.94. The Morgan fingerprint density at radius 2 is 2.17 bits per heavy atom. The average Bonchev–Trinajstić information content (AvgIpc) is 2.75. The fourth-order valence-corrected chi connectivity index (χ4v) is 2.45. The molecule has 0 unspecified atom stereocenters. The van der Waals surface area contributed by atoms with Gasteiger partial charge in [0, 0.05) is 36.4 Å². The van der Waals surface area contributed by atoms with Gasteiger partial charge in [-0.2, -0.15) is 0 Å². The molecule has 4 heteroatoms. The molecule has 0 amide bonds. The smallest absolute Gasteiger partial charge is 0.169 e. The lowest BCUT2D eigenvalue weighted by atomic mass is 10.1. The van der Waals surface area contributed by atoms with Crippen molar-refractivity contribution in [1.29, 1.82) is 0 Å². The highest BCUT2D eigenvalue weighted by Gasteiger charge is 2.10. The van der Waals surface area contributed by atoms with E-state index in [-0.39, 0.29) is 5.78 Å². The van der Waals surface area contributed by atoms with Gasteiger partial charge in [0.25, 0.3) is 0 Å². The van der Waals surface area contributed by atoms with Crippen molar-refractivity contribution in [2.75, 3.05) is 19.0 Å². The number of rotatable bonds is 4. The maximum Gasteiger partial charge on any atom is 0.169 e. The van der Waals surface area contributed by atoms with Gasteiger partial charge >= 0.3 is 0 Å². The summed E-state index contributed by atoms with van der Waals surface area (Å²) < 4.78 is 0. The zero-order chi connectivity index (χ0) is 13.1. The van der Waals surface area contributed by atoms with Crippen LogP contribution in [0.3, 0.4) is 0 Å². The number of anilines is 1. The largest absolute Gasteiger partial charge is 0.378 e. The number of nitrogens with zero attached hydrogens (tertiary/aromatic N) is 2. The van der Waals surface area contributed by atoms with Gasteiger partial charge in [0.05, 0.1) is 6.42 Å². The monoisotopic (exact) mass is 260 g/mol. The summed E-state index contributed by atoms with van der Waals surface area (Å²) in [5.74, 6) is 0.119. The molecule has 94 valence electrons. The number of ketones is 1. The Hall–Kier alpha value is -1.68. The fraction of sp³-hybridized carbons (Fsp3) is 0.286. The maximum atomic E-state index is 12.1. The second-order valence-corrected chi connectivity index (χ2v) is 5.37. The lowest BCUT2D eigenvalue weighted by molar-refractivity contribution is 0.0993. The number of carbonyl (C=O) groups is 1. The Labute approximate surface area is 111 Å². The molecule has 0 atom stereocenters. The van der Waals surface area contributed by atoms with Gasteiger partial charge in [0.15, 0.2) is 5.78 Å². The van der Waals surface area contributed by atoms with E-state index in [1.807, 2.05) is 55.6 Å². The normalized spacial score (nSPS) is 10.4. The van der Waals surface area contributed by atoms with E-state index in [1.54, 1.807) is 11.3 Å². The molecule has 0 bridgehead atoms. The number of carbonyl (C=O) groups excluding carboxylic acids is 1. The summed E-state index contributed by atoms with van der Waals surface area (Å²) in [5, 5.41) is 2.85. The predicted molar refractivity (Wildman–Crippen MR) is 75.7 cm³/mol. The number of hydrogen-bond donors (Lipinski definition) is 0. The lowest BCUT2D eigenvalue weighted by Gasteiger charge is -2.12. The second kappa shape index (κ2) is 5.31. The van der Waals surface area contributed by atoms with Crippen LogP contribution in [0.4, 0.5) is 5.69 Å². The van der Waals surface area contributed by atoms with Crippen molar-refractivity contribution in [3.05, 3.63) is 45.9 Å². The van der Waals surface area contributed by atoms with Crippen molar-refractivity contribution in [2.24, 2.45) is 0 Å². The molecule has 1 heterocycles. The van der Waals surface area contributed by atoms with Crippen LogP contribution in [0.1, 0.15) is 21.1 Å². The first-order valence-corrected chi connectivity index (χ1v) is 6.66. The molecule has 0 aliphatic heterocycles. The molecule has 0 spiro atoms. The number of hydrogen-bond acceptors (Lipinski definition) is 4. The molecule has 2 rings (SSSR count). The quantitative estimate of drug-likeness (QED) is 0.792. The highest BCUT2D eigenvalue weighted by molar-refractivity contribution is 7.09. The van der Waals surface area contributed by atoms with E-state index >= 15 is 0 Å². The van der Waals surface area contributed by atoms with Gasteiger partial charge in [0.2, 0.25) is 0 Å². The molecule has 3 nitrogen and oxygen atoms in total. The SMILES string of the molecule is Cc1csc(CC(=O)c2cccc(N(C)C)c2)n1. The summed E-state index contributed by atoms with van der Waals surface area (Å²) in [7, 11) is 3.93. The number of benzene rings is 1. The van der Waals surface area contributed by atoms with Crippen LogP contribution in [-0.2, 0) is 6.42 Å². The first-order valence-electron chi connectivity index (χ1n) is 5.78. The van der Waals surface area contributed by atoms with E-state index in [4.69, 9.17) is 0 Å². The highest BCUT2D eigenvalue weighted by Crippen LogP contribution is 2.17. The highest BCUT2D eigenvalue weighted by atomic mass is 32.1. The molecule has 0 aliphatic carbocycles. The van der Waals surface area contributed by atoms with Crippen LogP contribution in [0, 0.1) is 6.92 Å². The van der Waals surface area contributed by atoms with Crippen LogP contribution < -0.4 is 4.90 Å². The molecular weight excluding hydrogens is 244 g/mol. The Morgan fingerprint density at radius 3 is 2.78 bits per heavy atom. The lowest BCUT2D eigenvalue weighted by Crippen LogP contribution is -2.10. The Bertz CT molecular complexity index is 560. The summed E-state index contributed by atoms with van der Waals surface area (Å²) in [6.07, 6.45) is 0.384. The number of thiazole rings is 1. The summed E-state index contributed by atoms with van der Waals surface area (Å²) >= 11 is 1.54. The number of Topliss-reactive ketones (excluding diaryl/α,β-unsaturated/α-hetero) is 1. The van der Waals surface area contributed by atoms with Crippen molar-refractivity contribution in [1.82, 2.24) is 4.98 Å². The minimum atomic E-state index is 0.119. The van der Waals surface area contributed by atoms with Gasteiger partial charge in [-0.3, -0.25) is 4.79 Å². The zero-order valence-electron chi connectivity index (χ0n) is 10.8. The van der Waals surface area contributed by atoms with E-state index in [2.05, 4.69) is 4.98 Å². The molecular formula is C14H16N2OS. The molecule has 2 aromatic rings. The first kappa shape index (κ1) is 12.8. The third-order valence-electron chi connectivity index (χ3n) is 2.66. The fourth-order valence-electron chi connectivity index (χ4n) is 1.68. The Balaban J connectivity index is 2.16. The van der Waals surface area contributed by atoms with Gasteiger partial charge in [-0.15, -0.1) is 11.3 Å². The van der Waals surface area contributed by atoms with Gasteiger partial charge in [-0.25, -0.2) is 4.98 Å². The summed E-state index contributed by atoms with van der Waals surface area (Å²) in [5.41, 5.74) is 2.76. The van der Waals surface area contributed by atoms with E-state index in [9.17, 15) is 4.79 Å². The molecule has 0 aliphatic rings. The molecule has 0 fully saturated rings. The van der Waals surface area contributed by atoms with E-state index in [0.29, 0.717) is 6.42 Å². The molecule has 18 heavy (non-hydrogen) atoms. The molecule has 0 saturated carbocycles. The molecule has 1 aromatic carbocycles. The van der Waals surface area contributed by atoms with Crippen molar-refractivity contribution in [3.63, 3.8) is 0 Å². The minimum absolute atomic E-state index is 0.119. The van der Waals surface area contributed by atoms with Crippen LogP contribution >= 0.6 is 11.3 Å². The average molecular weight is 260 g/mol. The van der Waals surface area contributed by atoms with Gasteiger partial charge in [-0.1, -0.05) is 12.1 Å². The third kappa shape index (κ3) is 2.96. The summed E-state index contributed by atoms with van der Waals surface area (Å²) in [6, 6.07) is 7.68. The standard InChI is InChI=1S/C14H16N2OS/c1-10-9-18-14(15-10)8-13(17)11-5-4-6-12(7-11)16(2)3/h4-7,9H,8H2,1-3H3. The molecule has 0 saturated heterocycles. The van der Waals surface area contributed by atoms with Crippen LogP contribution in [-0.4, -0.2) is 24.9 Å². The minimum Gasteiger partial charge on any atom is -0.378 e. The molecule has 0 N–H and O–H groups in total. The maximum absolute atomic E-state index is 12.1. The Morgan fingerprint density at radius 1 is 1.39 bits per heavy atom. The van der Waals surface area contributed by atoms with Crippen LogP contribution in [0.5, 0.6) is 0 Å². The van der Waals surface area contributed by atoms with E-state index < -0.39 is 0 Å². The second-order valence-electron chi connectivity index (χ2n) is 4.43. The van der Waals surface area contributed by atoms with Crippen LogP contribution in [0.15, 0.2) is 29.6 Å². The van der Waals surface area contributed by atoms with Crippen molar-refractivity contribution < 1.29 is 4.79 Å². The van der Waals surface area contributed by atoms with Crippen molar-refractivity contribution in [3.8, 4) is 0 Å². The third-order valence-corrected chi connectivity index (χ3v) is 3.63. The van der Waals surface area contributed by atoms with Gasteiger partial charge in [0.1, 0.15) is 5.01 Å². The van der Waals surface area contributed by atoms with E-state index in [0.717, 1.165) is 22.0 Å². The van der Waals surface area contributed by atoms with E-state index in [1.165, 1.54) is 0 Å². The van der Waals surface area contributed by atoms with Crippen molar-refractivity contribution >= 4 is 22.8 Å². The first-order chi connectivity index (χ1) is 8.56. The van der Waals surface area contributed by atoms with Crippen LogP contribution in [0.25, 0.3) is 0 Å². The molecule has 1 aromatic heterocycles. The van der Waals surface area contributed by atoms with Crippen LogP contribution in [0.2, 0.25) is 0 Å². The number of aromatic nitrogens is 1.